The van der Waals surface area contributed by atoms with Gasteiger partial charge in [-0.1, -0.05) is 0 Å². The summed E-state index contributed by atoms with van der Waals surface area (Å²) in [5.74, 6) is -0.111. The highest BCUT2D eigenvalue weighted by molar-refractivity contribution is 7.92. The molecule has 1 atom stereocenters. The standard InChI is InChI=1S/C8H14ClNO3S/c1-6(14(2,12)13)7(11)10-8(5-9)3-4-8/h6H,3-5H2,1-2H3,(H,10,11). The molecular formula is C8H14ClNO3S. The SMILES string of the molecule is CC(C(=O)NC1(CCl)CC1)S(C)(=O)=O. The number of carbonyl (C=O) groups is 1. The molecule has 82 valence electrons. The maximum absolute atomic E-state index is 11.5. The summed E-state index contributed by atoms with van der Waals surface area (Å²) < 4.78 is 22.1. The maximum atomic E-state index is 11.5. The normalized spacial score (nSPS) is 21.4. The molecule has 1 unspecified atom stereocenters. The van der Waals surface area contributed by atoms with Crippen molar-refractivity contribution in [3.63, 3.8) is 0 Å². The van der Waals surface area contributed by atoms with Gasteiger partial charge in [-0.2, -0.15) is 0 Å². The van der Waals surface area contributed by atoms with Crippen molar-refractivity contribution in [1.29, 1.82) is 0 Å². The van der Waals surface area contributed by atoms with E-state index in [2.05, 4.69) is 5.32 Å². The molecule has 0 heterocycles. The van der Waals surface area contributed by atoms with Gasteiger partial charge in [0.25, 0.3) is 0 Å². The molecule has 0 aliphatic heterocycles. The van der Waals surface area contributed by atoms with E-state index in [0.29, 0.717) is 5.88 Å². The zero-order valence-electron chi connectivity index (χ0n) is 8.21. The number of hydrogen-bond acceptors (Lipinski definition) is 3. The van der Waals surface area contributed by atoms with Gasteiger partial charge in [-0.3, -0.25) is 4.79 Å². The third-order valence-electron chi connectivity index (χ3n) is 2.51. The van der Waals surface area contributed by atoms with Crippen molar-refractivity contribution in [3.8, 4) is 0 Å². The molecule has 0 radical (unpaired) electrons. The monoisotopic (exact) mass is 239 g/mol. The molecule has 1 rings (SSSR count). The summed E-state index contributed by atoms with van der Waals surface area (Å²) in [6, 6.07) is 0. The van der Waals surface area contributed by atoms with Crippen LogP contribution >= 0.6 is 11.6 Å². The van der Waals surface area contributed by atoms with Crippen molar-refractivity contribution in [2.24, 2.45) is 0 Å². The van der Waals surface area contributed by atoms with Crippen LogP contribution in [0.5, 0.6) is 0 Å². The zero-order valence-corrected chi connectivity index (χ0v) is 9.78. The van der Waals surface area contributed by atoms with Crippen LogP contribution in [0.2, 0.25) is 0 Å². The van der Waals surface area contributed by atoms with E-state index in [1.807, 2.05) is 0 Å². The number of alkyl halides is 1. The van der Waals surface area contributed by atoms with Crippen molar-refractivity contribution in [2.75, 3.05) is 12.1 Å². The summed E-state index contributed by atoms with van der Waals surface area (Å²) in [5, 5.41) is 1.68. The molecule has 1 saturated carbocycles. The average molecular weight is 240 g/mol. The van der Waals surface area contributed by atoms with Crippen molar-refractivity contribution >= 4 is 27.3 Å². The first-order chi connectivity index (χ1) is 6.31. The van der Waals surface area contributed by atoms with Crippen LogP contribution in [0.4, 0.5) is 0 Å². The molecule has 1 aliphatic carbocycles. The molecular weight excluding hydrogens is 226 g/mol. The Bertz CT molecular complexity index is 334. The molecule has 0 aromatic carbocycles. The molecule has 1 N–H and O–H groups in total. The van der Waals surface area contributed by atoms with E-state index in [1.54, 1.807) is 0 Å². The summed E-state index contributed by atoms with van der Waals surface area (Å²) in [4.78, 5) is 11.5. The molecule has 6 heteroatoms. The highest BCUT2D eigenvalue weighted by atomic mass is 35.5. The van der Waals surface area contributed by atoms with Crippen molar-refractivity contribution in [3.05, 3.63) is 0 Å². The van der Waals surface area contributed by atoms with E-state index in [-0.39, 0.29) is 5.54 Å². The fourth-order valence-electron chi connectivity index (χ4n) is 1.00. The van der Waals surface area contributed by atoms with E-state index in [0.717, 1.165) is 19.1 Å². The van der Waals surface area contributed by atoms with Gasteiger partial charge >= 0.3 is 0 Å². The summed E-state index contributed by atoms with van der Waals surface area (Å²) in [6.07, 6.45) is 2.72. The van der Waals surface area contributed by atoms with Gasteiger partial charge in [0.1, 0.15) is 5.25 Å². The average Bonchev–Trinajstić information content (AvgIpc) is 2.82. The minimum Gasteiger partial charge on any atom is -0.348 e. The fourth-order valence-corrected chi connectivity index (χ4v) is 1.78. The molecule has 1 amide bonds. The Morgan fingerprint density at radius 3 is 2.36 bits per heavy atom. The lowest BCUT2D eigenvalue weighted by molar-refractivity contribution is -0.121. The first kappa shape index (κ1) is 11.8. The predicted molar refractivity (Wildman–Crippen MR) is 55.1 cm³/mol. The van der Waals surface area contributed by atoms with Gasteiger partial charge in [0.05, 0.1) is 5.54 Å². The van der Waals surface area contributed by atoms with Crippen LogP contribution in [-0.2, 0) is 14.6 Å². The second-order valence-electron chi connectivity index (χ2n) is 3.87. The number of carbonyl (C=O) groups excluding carboxylic acids is 1. The number of nitrogens with one attached hydrogen (secondary N) is 1. The quantitative estimate of drug-likeness (QED) is 0.718. The van der Waals surface area contributed by atoms with Gasteiger partial charge in [0.2, 0.25) is 5.91 Å². The lowest BCUT2D eigenvalue weighted by Crippen LogP contribution is -2.45. The number of sulfone groups is 1. The van der Waals surface area contributed by atoms with Gasteiger partial charge in [-0.15, -0.1) is 11.6 Å². The number of rotatable bonds is 4. The second-order valence-corrected chi connectivity index (χ2v) is 6.51. The van der Waals surface area contributed by atoms with E-state index in [1.165, 1.54) is 6.92 Å². The molecule has 0 saturated heterocycles. The van der Waals surface area contributed by atoms with Crippen LogP contribution in [0.1, 0.15) is 19.8 Å². The van der Waals surface area contributed by atoms with Crippen LogP contribution in [0.25, 0.3) is 0 Å². The summed E-state index contributed by atoms with van der Waals surface area (Å²) in [6.45, 7) is 1.38. The van der Waals surface area contributed by atoms with E-state index >= 15 is 0 Å². The van der Waals surface area contributed by atoms with Crippen LogP contribution in [-0.4, -0.2) is 37.2 Å². The second kappa shape index (κ2) is 3.70. The minimum atomic E-state index is -3.31. The number of amides is 1. The topological polar surface area (TPSA) is 63.2 Å². The Balaban J connectivity index is 2.59. The van der Waals surface area contributed by atoms with Gasteiger partial charge in [-0.05, 0) is 19.8 Å². The Kier molecular flexibility index (Phi) is 3.11. The van der Waals surface area contributed by atoms with Crippen LogP contribution < -0.4 is 5.32 Å². The maximum Gasteiger partial charge on any atom is 0.238 e. The highest BCUT2D eigenvalue weighted by Gasteiger charge is 2.44. The molecule has 0 bridgehead atoms. The van der Waals surface area contributed by atoms with Crippen LogP contribution in [0.3, 0.4) is 0 Å². The van der Waals surface area contributed by atoms with Gasteiger partial charge in [-0.25, -0.2) is 8.42 Å². The minimum absolute atomic E-state index is 0.336. The smallest absolute Gasteiger partial charge is 0.238 e. The fraction of sp³-hybridized carbons (Fsp3) is 0.875. The Hall–Kier alpha value is -0.290. The third kappa shape index (κ3) is 2.60. The first-order valence-electron chi connectivity index (χ1n) is 4.38. The van der Waals surface area contributed by atoms with Crippen LogP contribution in [0, 0.1) is 0 Å². The zero-order chi connectivity index (χ0) is 11.0. The molecule has 1 fully saturated rings. The largest absolute Gasteiger partial charge is 0.348 e. The van der Waals surface area contributed by atoms with Crippen LogP contribution in [0.15, 0.2) is 0 Å². The molecule has 1 aliphatic rings. The van der Waals surface area contributed by atoms with Crippen molar-refractivity contribution in [2.45, 2.75) is 30.6 Å². The highest BCUT2D eigenvalue weighted by Crippen LogP contribution is 2.36. The molecule has 0 aromatic heterocycles. The van der Waals surface area contributed by atoms with Gasteiger partial charge in [0, 0.05) is 12.1 Å². The lowest BCUT2D eigenvalue weighted by Gasteiger charge is -2.16. The third-order valence-corrected chi connectivity index (χ3v) is 4.52. The van der Waals surface area contributed by atoms with Gasteiger partial charge in [0.15, 0.2) is 9.84 Å². The summed E-state index contributed by atoms with van der Waals surface area (Å²) >= 11 is 5.65. The van der Waals surface area contributed by atoms with Crippen molar-refractivity contribution < 1.29 is 13.2 Å². The Morgan fingerprint density at radius 2 is 2.07 bits per heavy atom. The summed E-state index contributed by atoms with van der Waals surface area (Å²) in [5.41, 5.74) is -0.336. The summed E-state index contributed by atoms with van der Waals surface area (Å²) in [7, 11) is -3.31. The van der Waals surface area contributed by atoms with Crippen molar-refractivity contribution in [1.82, 2.24) is 5.32 Å². The predicted octanol–water partition coefficient (Wildman–Crippen LogP) is 0.307. The van der Waals surface area contributed by atoms with Gasteiger partial charge < -0.3 is 5.32 Å². The van der Waals surface area contributed by atoms with E-state index in [4.69, 9.17) is 11.6 Å². The number of halogens is 1. The Labute approximate surface area is 88.9 Å². The lowest BCUT2D eigenvalue weighted by atomic mass is 10.3. The first-order valence-corrected chi connectivity index (χ1v) is 6.86. The molecule has 0 spiro atoms. The van der Waals surface area contributed by atoms with E-state index in [9.17, 15) is 13.2 Å². The molecule has 0 aromatic rings. The molecule has 14 heavy (non-hydrogen) atoms. The van der Waals surface area contributed by atoms with E-state index < -0.39 is 21.0 Å². The number of hydrogen-bond donors (Lipinski definition) is 1. The molecule has 4 nitrogen and oxygen atoms in total. The Morgan fingerprint density at radius 1 is 1.57 bits per heavy atom.